The molecule has 1 aliphatic heterocycles. The van der Waals surface area contributed by atoms with Crippen LogP contribution >= 0.6 is 0 Å². The first-order valence-electron chi connectivity index (χ1n) is 9.19. The van der Waals surface area contributed by atoms with Crippen LogP contribution < -0.4 is 10.1 Å². The maximum absolute atomic E-state index is 13.0. The van der Waals surface area contributed by atoms with Gasteiger partial charge in [-0.1, -0.05) is 50.3 Å². The summed E-state index contributed by atoms with van der Waals surface area (Å²) in [5, 5.41) is 3.15. The number of amides is 2. The number of imide groups is 1. The normalized spacial score (nSPS) is 14.1. The highest BCUT2D eigenvalue weighted by atomic mass is 16.5. The molecule has 5 nitrogen and oxygen atoms in total. The van der Waals surface area contributed by atoms with Gasteiger partial charge in [-0.2, -0.15) is 0 Å². The van der Waals surface area contributed by atoms with E-state index in [1.807, 2.05) is 36.4 Å². The monoisotopic (exact) mass is 376 g/mol. The Balaban J connectivity index is 2.07. The number of hydrogen-bond acceptors (Lipinski definition) is 4. The third-order valence-electron chi connectivity index (χ3n) is 4.70. The molecule has 0 spiro atoms. The van der Waals surface area contributed by atoms with Gasteiger partial charge in [-0.3, -0.25) is 14.5 Å². The highest BCUT2D eigenvalue weighted by Crippen LogP contribution is 2.35. The largest absolute Gasteiger partial charge is 0.496 e. The molecule has 0 saturated carbocycles. The minimum atomic E-state index is -0.376. The molecule has 2 aromatic rings. The molecule has 0 aromatic heterocycles. The Hall–Kier alpha value is -3.34. The van der Waals surface area contributed by atoms with Crippen LogP contribution in [0.5, 0.6) is 5.75 Å². The Morgan fingerprint density at radius 3 is 2.36 bits per heavy atom. The third kappa shape index (κ3) is 3.56. The van der Waals surface area contributed by atoms with Crippen molar-refractivity contribution in [2.75, 3.05) is 19.0 Å². The molecule has 1 heterocycles. The standard InChI is InChI=1S/C23H24N2O3/c1-5-14-25-22(26)20(18-8-6-7-9-19(18)28-4)21(23(25)27)24-17-12-10-16(11-13-17)15(2)3/h5-13,15,24H,1,14H2,2-4H3. The van der Waals surface area contributed by atoms with Crippen LogP contribution in [0.25, 0.3) is 5.57 Å². The van der Waals surface area contributed by atoms with E-state index in [1.165, 1.54) is 16.5 Å². The van der Waals surface area contributed by atoms with Crippen molar-refractivity contribution in [1.29, 1.82) is 0 Å². The van der Waals surface area contributed by atoms with Crippen LogP contribution in [0.15, 0.2) is 66.9 Å². The van der Waals surface area contributed by atoms with Gasteiger partial charge in [-0.15, -0.1) is 6.58 Å². The van der Waals surface area contributed by atoms with Gasteiger partial charge >= 0.3 is 0 Å². The van der Waals surface area contributed by atoms with E-state index in [-0.39, 0.29) is 24.1 Å². The second-order valence-electron chi connectivity index (χ2n) is 6.86. The van der Waals surface area contributed by atoms with Crippen LogP contribution in [0.1, 0.15) is 30.9 Å². The SMILES string of the molecule is C=CCN1C(=O)C(Nc2ccc(C(C)C)cc2)=C(c2ccccc2OC)C1=O. The predicted molar refractivity (Wildman–Crippen MR) is 111 cm³/mol. The molecule has 0 aliphatic carbocycles. The quantitative estimate of drug-likeness (QED) is 0.581. The number of carbonyl (C=O) groups is 2. The lowest BCUT2D eigenvalue weighted by molar-refractivity contribution is -0.136. The van der Waals surface area contributed by atoms with Crippen molar-refractivity contribution in [2.24, 2.45) is 0 Å². The van der Waals surface area contributed by atoms with Gasteiger partial charge in [0.25, 0.3) is 11.8 Å². The number of rotatable bonds is 7. The first kappa shape index (κ1) is 19.4. The summed E-state index contributed by atoms with van der Waals surface area (Å²) >= 11 is 0. The molecule has 0 bridgehead atoms. The molecular formula is C23H24N2O3. The number of ether oxygens (including phenoxy) is 1. The molecule has 2 aromatic carbocycles. The zero-order valence-corrected chi connectivity index (χ0v) is 16.4. The second kappa shape index (κ2) is 8.13. The maximum Gasteiger partial charge on any atom is 0.278 e. The summed E-state index contributed by atoms with van der Waals surface area (Å²) in [4.78, 5) is 27.2. The van der Waals surface area contributed by atoms with Crippen molar-refractivity contribution in [2.45, 2.75) is 19.8 Å². The third-order valence-corrected chi connectivity index (χ3v) is 4.70. The van der Waals surface area contributed by atoms with E-state index in [0.717, 1.165) is 5.69 Å². The topological polar surface area (TPSA) is 58.6 Å². The molecule has 0 saturated heterocycles. The molecule has 3 rings (SSSR count). The van der Waals surface area contributed by atoms with E-state index in [0.29, 0.717) is 22.8 Å². The molecular weight excluding hydrogens is 352 g/mol. The van der Waals surface area contributed by atoms with Gasteiger partial charge in [-0.05, 0) is 29.7 Å². The number of carbonyl (C=O) groups excluding carboxylic acids is 2. The first-order chi connectivity index (χ1) is 13.5. The average Bonchev–Trinajstić information content (AvgIpc) is 2.93. The second-order valence-corrected chi connectivity index (χ2v) is 6.86. The molecule has 1 aliphatic rings. The molecule has 5 heteroatoms. The fourth-order valence-corrected chi connectivity index (χ4v) is 3.18. The van der Waals surface area contributed by atoms with Crippen molar-refractivity contribution in [3.8, 4) is 5.75 Å². The van der Waals surface area contributed by atoms with Gasteiger partial charge in [0, 0.05) is 17.8 Å². The van der Waals surface area contributed by atoms with Gasteiger partial charge in [0.2, 0.25) is 0 Å². The number of hydrogen-bond donors (Lipinski definition) is 1. The van der Waals surface area contributed by atoms with Gasteiger partial charge in [0.1, 0.15) is 11.4 Å². The summed E-state index contributed by atoms with van der Waals surface area (Å²) in [6, 6.07) is 15.0. The Labute approximate surface area is 165 Å². The smallest absolute Gasteiger partial charge is 0.278 e. The molecule has 0 unspecified atom stereocenters. The average molecular weight is 376 g/mol. The number of anilines is 1. The number of para-hydroxylation sites is 1. The minimum Gasteiger partial charge on any atom is -0.496 e. The summed E-state index contributed by atoms with van der Waals surface area (Å²) in [5.74, 6) is 0.207. The van der Waals surface area contributed by atoms with Crippen molar-refractivity contribution in [3.05, 3.63) is 78.0 Å². The lowest BCUT2D eigenvalue weighted by atomic mass is 10.0. The van der Waals surface area contributed by atoms with Gasteiger partial charge in [-0.25, -0.2) is 0 Å². The molecule has 0 fully saturated rings. The number of methoxy groups -OCH3 is 1. The lowest BCUT2D eigenvalue weighted by Crippen LogP contribution is -2.32. The van der Waals surface area contributed by atoms with Crippen LogP contribution in [-0.4, -0.2) is 30.4 Å². The van der Waals surface area contributed by atoms with Crippen molar-refractivity contribution >= 4 is 23.1 Å². The van der Waals surface area contributed by atoms with E-state index in [4.69, 9.17) is 4.74 Å². The fraction of sp³-hybridized carbons (Fsp3) is 0.217. The minimum absolute atomic E-state index is 0.147. The van der Waals surface area contributed by atoms with E-state index in [9.17, 15) is 9.59 Å². The van der Waals surface area contributed by atoms with E-state index in [2.05, 4.69) is 25.7 Å². The Bertz CT molecular complexity index is 943. The van der Waals surface area contributed by atoms with Gasteiger partial charge in [0.15, 0.2) is 0 Å². The van der Waals surface area contributed by atoms with Crippen LogP contribution in [0.3, 0.4) is 0 Å². The van der Waals surface area contributed by atoms with E-state index in [1.54, 1.807) is 19.2 Å². The van der Waals surface area contributed by atoms with E-state index < -0.39 is 0 Å². The molecule has 2 amide bonds. The zero-order valence-electron chi connectivity index (χ0n) is 16.4. The molecule has 0 atom stereocenters. The van der Waals surface area contributed by atoms with Crippen LogP contribution in [0.2, 0.25) is 0 Å². The van der Waals surface area contributed by atoms with E-state index >= 15 is 0 Å². The Kier molecular flexibility index (Phi) is 5.64. The van der Waals surface area contributed by atoms with Crippen LogP contribution in [0.4, 0.5) is 5.69 Å². The zero-order chi connectivity index (χ0) is 20.3. The molecule has 0 radical (unpaired) electrons. The Morgan fingerprint density at radius 2 is 1.75 bits per heavy atom. The summed E-state index contributed by atoms with van der Waals surface area (Å²) in [5.41, 5.74) is 3.07. The highest BCUT2D eigenvalue weighted by molar-refractivity contribution is 6.37. The maximum atomic E-state index is 13.0. The van der Waals surface area contributed by atoms with Crippen LogP contribution in [0, 0.1) is 0 Å². The van der Waals surface area contributed by atoms with Crippen molar-refractivity contribution in [3.63, 3.8) is 0 Å². The Morgan fingerprint density at radius 1 is 1.07 bits per heavy atom. The van der Waals surface area contributed by atoms with Crippen molar-refractivity contribution in [1.82, 2.24) is 4.90 Å². The van der Waals surface area contributed by atoms with Gasteiger partial charge < -0.3 is 10.1 Å². The summed E-state index contributed by atoms with van der Waals surface area (Å²) in [6.07, 6.45) is 1.54. The number of nitrogens with one attached hydrogen (secondary N) is 1. The predicted octanol–water partition coefficient (Wildman–Crippen LogP) is 4.20. The summed E-state index contributed by atoms with van der Waals surface area (Å²) < 4.78 is 5.41. The first-order valence-corrected chi connectivity index (χ1v) is 9.19. The molecule has 1 N–H and O–H groups in total. The molecule has 28 heavy (non-hydrogen) atoms. The van der Waals surface area contributed by atoms with Crippen LogP contribution in [-0.2, 0) is 9.59 Å². The number of benzene rings is 2. The van der Waals surface area contributed by atoms with Crippen molar-refractivity contribution < 1.29 is 14.3 Å². The number of nitrogens with zero attached hydrogens (tertiary/aromatic N) is 1. The summed E-state index contributed by atoms with van der Waals surface area (Å²) in [6.45, 7) is 8.04. The lowest BCUT2D eigenvalue weighted by Gasteiger charge is -2.13. The molecule has 144 valence electrons. The summed E-state index contributed by atoms with van der Waals surface area (Å²) in [7, 11) is 1.54. The van der Waals surface area contributed by atoms with Gasteiger partial charge in [0.05, 0.1) is 12.7 Å². The highest BCUT2D eigenvalue weighted by Gasteiger charge is 2.39. The fourth-order valence-electron chi connectivity index (χ4n) is 3.18.